The number of rotatable bonds is 1. The Morgan fingerprint density at radius 2 is 1.72 bits per heavy atom. The molecular formula is C18H20. The lowest BCUT2D eigenvalue weighted by Gasteiger charge is -2.17. The molecule has 0 saturated heterocycles. The van der Waals surface area contributed by atoms with E-state index in [9.17, 15) is 0 Å². The summed E-state index contributed by atoms with van der Waals surface area (Å²) in [6.07, 6.45) is 11.5. The summed E-state index contributed by atoms with van der Waals surface area (Å²) in [7, 11) is 0. The fourth-order valence-corrected chi connectivity index (χ4v) is 2.99. The van der Waals surface area contributed by atoms with E-state index in [1.165, 1.54) is 48.4 Å². The minimum Gasteiger partial charge on any atom is -0.0879 e. The molecule has 3 rings (SSSR count). The molecule has 0 saturated carbocycles. The largest absolute Gasteiger partial charge is 0.0879 e. The van der Waals surface area contributed by atoms with Crippen molar-refractivity contribution in [3.05, 3.63) is 60.2 Å². The van der Waals surface area contributed by atoms with Crippen LogP contribution in [0.25, 0.3) is 10.8 Å². The smallest absolute Gasteiger partial charge is 0.00241 e. The fraction of sp³-hybridized carbons (Fsp3) is 0.333. The van der Waals surface area contributed by atoms with Gasteiger partial charge < -0.3 is 0 Å². The van der Waals surface area contributed by atoms with Crippen molar-refractivity contribution in [3.8, 4) is 0 Å². The molecule has 0 radical (unpaired) electrons. The summed E-state index contributed by atoms with van der Waals surface area (Å²) in [5, 5.41) is 2.79. The van der Waals surface area contributed by atoms with Crippen LogP contribution in [0.15, 0.2) is 54.6 Å². The van der Waals surface area contributed by atoms with Gasteiger partial charge in [-0.05, 0) is 35.6 Å². The van der Waals surface area contributed by atoms with Crippen LogP contribution in [0, 0.1) is 0 Å². The minimum atomic E-state index is 0.608. The fourth-order valence-electron chi connectivity index (χ4n) is 2.99. The van der Waals surface area contributed by atoms with Gasteiger partial charge in [0.25, 0.3) is 0 Å². The third-order valence-electron chi connectivity index (χ3n) is 3.98. The summed E-state index contributed by atoms with van der Waals surface area (Å²) in [6.45, 7) is 0. The highest BCUT2D eigenvalue weighted by Crippen LogP contribution is 2.31. The molecule has 0 aromatic heterocycles. The molecule has 0 unspecified atom stereocenters. The molecule has 0 heteroatoms. The van der Waals surface area contributed by atoms with E-state index in [4.69, 9.17) is 0 Å². The molecular weight excluding hydrogens is 216 g/mol. The Morgan fingerprint density at radius 1 is 0.833 bits per heavy atom. The van der Waals surface area contributed by atoms with E-state index in [0.717, 1.165) is 0 Å². The summed E-state index contributed by atoms with van der Waals surface area (Å²) in [6, 6.07) is 15.5. The molecule has 0 heterocycles. The molecule has 0 N–H and O–H groups in total. The number of benzene rings is 2. The van der Waals surface area contributed by atoms with Crippen LogP contribution in [0.3, 0.4) is 0 Å². The maximum Gasteiger partial charge on any atom is 0.00241 e. The highest BCUT2D eigenvalue weighted by atomic mass is 14.2. The van der Waals surface area contributed by atoms with Crippen LogP contribution >= 0.6 is 0 Å². The molecule has 1 aliphatic carbocycles. The van der Waals surface area contributed by atoms with Crippen molar-refractivity contribution in [2.24, 2.45) is 0 Å². The van der Waals surface area contributed by atoms with E-state index >= 15 is 0 Å². The number of hydrogen-bond acceptors (Lipinski definition) is 0. The molecule has 18 heavy (non-hydrogen) atoms. The van der Waals surface area contributed by atoms with Gasteiger partial charge in [-0.25, -0.2) is 0 Å². The Labute approximate surface area is 109 Å². The van der Waals surface area contributed by atoms with Crippen LogP contribution in [0.5, 0.6) is 0 Å². The van der Waals surface area contributed by atoms with Crippen LogP contribution in [-0.4, -0.2) is 0 Å². The van der Waals surface area contributed by atoms with Crippen molar-refractivity contribution in [2.75, 3.05) is 0 Å². The average molecular weight is 236 g/mol. The molecule has 0 bridgehead atoms. The highest BCUT2D eigenvalue weighted by molar-refractivity contribution is 5.86. The van der Waals surface area contributed by atoms with E-state index in [-0.39, 0.29) is 0 Å². The molecule has 0 aliphatic heterocycles. The van der Waals surface area contributed by atoms with E-state index in [0.29, 0.717) is 5.92 Å². The molecule has 2 aromatic carbocycles. The van der Waals surface area contributed by atoms with E-state index in [1.807, 2.05) is 0 Å². The summed E-state index contributed by atoms with van der Waals surface area (Å²) in [5.41, 5.74) is 1.51. The van der Waals surface area contributed by atoms with E-state index < -0.39 is 0 Å². The van der Waals surface area contributed by atoms with Crippen LogP contribution in [0.2, 0.25) is 0 Å². The van der Waals surface area contributed by atoms with Gasteiger partial charge in [-0.15, -0.1) is 0 Å². The normalized spacial score (nSPS) is 22.3. The van der Waals surface area contributed by atoms with Gasteiger partial charge in [0.05, 0.1) is 0 Å². The van der Waals surface area contributed by atoms with Crippen LogP contribution in [0.1, 0.15) is 43.6 Å². The average Bonchev–Trinajstić information content (AvgIpc) is 2.38. The van der Waals surface area contributed by atoms with Crippen molar-refractivity contribution in [2.45, 2.75) is 38.0 Å². The Balaban J connectivity index is 2.04. The Hall–Kier alpha value is -1.56. The first-order chi connectivity index (χ1) is 8.95. The molecule has 0 amide bonds. The molecule has 1 atom stereocenters. The standard InChI is InChI=1S/C18H20/c1-2-4-9-15(10-5-3-1)18-14-8-12-16-11-6-7-13-17(16)18/h4,6-9,11-15H,1-3,5,10H2/b9-4-/t15-/m1/s1. The lowest BCUT2D eigenvalue weighted by Crippen LogP contribution is -1.98. The van der Waals surface area contributed by atoms with E-state index in [2.05, 4.69) is 54.6 Å². The van der Waals surface area contributed by atoms with Gasteiger partial charge in [-0.2, -0.15) is 0 Å². The molecule has 1 aliphatic rings. The first-order valence-electron chi connectivity index (χ1n) is 7.09. The zero-order valence-electron chi connectivity index (χ0n) is 10.8. The zero-order chi connectivity index (χ0) is 12.2. The second kappa shape index (κ2) is 5.39. The predicted octanol–water partition coefficient (Wildman–Crippen LogP) is 5.44. The van der Waals surface area contributed by atoms with Crippen molar-refractivity contribution >= 4 is 10.8 Å². The third kappa shape index (κ3) is 2.33. The van der Waals surface area contributed by atoms with Gasteiger partial charge in [0.1, 0.15) is 0 Å². The number of allylic oxidation sites excluding steroid dienone is 2. The third-order valence-corrected chi connectivity index (χ3v) is 3.98. The first-order valence-corrected chi connectivity index (χ1v) is 7.09. The highest BCUT2D eigenvalue weighted by Gasteiger charge is 2.12. The van der Waals surface area contributed by atoms with Crippen molar-refractivity contribution in [1.82, 2.24) is 0 Å². The van der Waals surface area contributed by atoms with Gasteiger partial charge in [0.15, 0.2) is 0 Å². The van der Waals surface area contributed by atoms with Crippen LogP contribution < -0.4 is 0 Å². The van der Waals surface area contributed by atoms with Gasteiger partial charge in [0.2, 0.25) is 0 Å². The lowest BCUT2D eigenvalue weighted by molar-refractivity contribution is 0.600. The molecule has 92 valence electrons. The topological polar surface area (TPSA) is 0 Å². The lowest BCUT2D eigenvalue weighted by atomic mass is 9.87. The second-order valence-electron chi connectivity index (χ2n) is 5.24. The van der Waals surface area contributed by atoms with Gasteiger partial charge in [-0.1, -0.05) is 67.5 Å². The summed E-state index contributed by atoms with van der Waals surface area (Å²) >= 11 is 0. The maximum atomic E-state index is 2.43. The van der Waals surface area contributed by atoms with Gasteiger partial charge >= 0.3 is 0 Å². The zero-order valence-corrected chi connectivity index (χ0v) is 10.8. The van der Waals surface area contributed by atoms with Crippen molar-refractivity contribution in [1.29, 1.82) is 0 Å². The first kappa shape index (κ1) is 11.5. The molecule has 2 aromatic rings. The monoisotopic (exact) mass is 236 g/mol. The maximum absolute atomic E-state index is 2.43. The molecule has 0 spiro atoms. The Morgan fingerprint density at radius 3 is 2.72 bits per heavy atom. The van der Waals surface area contributed by atoms with Gasteiger partial charge in [0, 0.05) is 5.92 Å². The van der Waals surface area contributed by atoms with Crippen LogP contribution in [0.4, 0.5) is 0 Å². The van der Waals surface area contributed by atoms with Crippen LogP contribution in [-0.2, 0) is 0 Å². The SMILES string of the molecule is C1=C\[C@@H](c2cccc3ccccc23)CCCCC/1. The summed E-state index contributed by atoms with van der Waals surface area (Å²) in [4.78, 5) is 0. The second-order valence-corrected chi connectivity index (χ2v) is 5.24. The number of hydrogen-bond donors (Lipinski definition) is 0. The minimum absolute atomic E-state index is 0.608. The van der Waals surface area contributed by atoms with Crippen molar-refractivity contribution < 1.29 is 0 Å². The van der Waals surface area contributed by atoms with E-state index in [1.54, 1.807) is 0 Å². The quantitative estimate of drug-likeness (QED) is 0.578. The number of fused-ring (bicyclic) bond motifs is 1. The Kier molecular flexibility index (Phi) is 3.45. The summed E-state index contributed by atoms with van der Waals surface area (Å²) in [5.74, 6) is 0.608. The molecule has 0 nitrogen and oxygen atoms in total. The Bertz CT molecular complexity index is 545. The molecule has 0 fully saturated rings. The predicted molar refractivity (Wildman–Crippen MR) is 78.9 cm³/mol. The van der Waals surface area contributed by atoms with Gasteiger partial charge in [-0.3, -0.25) is 0 Å². The summed E-state index contributed by atoms with van der Waals surface area (Å²) < 4.78 is 0. The van der Waals surface area contributed by atoms with Crippen molar-refractivity contribution in [3.63, 3.8) is 0 Å².